The van der Waals surface area contributed by atoms with Crippen molar-refractivity contribution >= 4 is 32.7 Å². The Morgan fingerprint density at radius 2 is 2.08 bits per heavy atom. The van der Waals surface area contributed by atoms with Crippen LogP contribution in [0.15, 0.2) is 23.1 Å². The number of nitro groups is 1. The number of anilines is 1. The summed E-state index contributed by atoms with van der Waals surface area (Å²) in [6.07, 6.45) is 5.15. The van der Waals surface area contributed by atoms with Crippen molar-refractivity contribution in [2.45, 2.75) is 37.0 Å². The highest BCUT2D eigenvalue weighted by Gasteiger charge is 2.19. The number of primary sulfonamides is 1. The molecule has 0 spiro atoms. The van der Waals surface area contributed by atoms with E-state index in [1.54, 1.807) is 11.3 Å². The monoisotopic (exact) mass is 382 g/mol. The molecule has 1 aliphatic carbocycles. The van der Waals surface area contributed by atoms with Gasteiger partial charge in [-0.3, -0.25) is 10.1 Å². The summed E-state index contributed by atoms with van der Waals surface area (Å²) in [5, 5.41) is 20.2. The molecule has 10 heteroatoms. The second-order valence-corrected chi connectivity index (χ2v) is 8.57. The Morgan fingerprint density at radius 1 is 1.32 bits per heavy atom. The van der Waals surface area contributed by atoms with E-state index in [2.05, 4.69) is 10.3 Å². The first-order valence-corrected chi connectivity index (χ1v) is 10.2. The van der Waals surface area contributed by atoms with E-state index in [1.165, 1.54) is 35.5 Å². The van der Waals surface area contributed by atoms with Crippen LogP contribution in [0.1, 0.15) is 28.4 Å². The van der Waals surface area contributed by atoms with Gasteiger partial charge < -0.3 is 5.32 Å². The number of nitrogens with two attached hydrogens (primary N) is 1. The van der Waals surface area contributed by atoms with Crippen molar-refractivity contribution in [2.24, 2.45) is 5.14 Å². The third-order valence-corrected chi connectivity index (χ3v) is 6.17. The van der Waals surface area contributed by atoms with E-state index in [-0.39, 0.29) is 16.3 Å². The molecule has 8 nitrogen and oxygen atoms in total. The van der Waals surface area contributed by atoms with Crippen LogP contribution in [-0.4, -0.2) is 24.9 Å². The van der Waals surface area contributed by atoms with E-state index in [0.717, 1.165) is 23.9 Å². The lowest BCUT2D eigenvalue weighted by Gasteiger charge is -2.07. The highest BCUT2D eigenvalue weighted by Crippen LogP contribution is 2.29. The Labute approximate surface area is 149 Å². The number of nitrogens with zero attached hydrogens (tertiary/aromatic N) is 2. The van der Waals surface area contributed by atoms with Gasteiger partial charge in [0.2, 0.25) is 10.0 Å². The minimum atomic E-state index is -3.98. The molecule has 3 N–H and O–H groups in total. The van der Waals surface area contributed by atoms with Gasteiger partial charge in [0.25, 0.3) is 5.69 Å². The van der Waals surface area contributed by atoms with Crippen LogP contribution in [0.4, 0.5) is 11.4 Å². The summed E-state index contributed by atoms with van der Waals surface area (Å²) < 4.78 is 22.7. The molecule has 3 rings (SSSR count). The van der Waals surface area contributed by atoms with Crippen molar-refractivity contribution in [1.82, 2.24) is 4.98 Å². The molecule has 0 bridgehead atoms. The number of thiazole rings is 1. The van der Waals surface area contributed by atoms with Gasteiger partial charge in [-0.05, 0) is 37.8 Å². The maximum atomic E-state index is 11.3. The first kappa shape index (κ1) is 17.8. The minimum Gasteiger partial charge on any atom is -0.379 e. The average Bonchev–Trinajstić information content (AvgIpc) is 2.96. The van der Waals surface area contributed by atoms with E-state index in [9.17, 15) is 18.5 Å². The van der Waals surface area contributed by atoms with Crippen LogP contribution in [0.25, 0.3) is 0 Å². The molecule has 134 valence electrons. The first-order valence-electron chi connectivity index (χ1n) is 7.87. The number of aromatic nitrogens is 1. The van der Waals surface area contributed by atoms with Gasteiger partial charge in [0, 0.05) is 23.9 Å². The van der Waals surface area contributed by atoms with Crippen molar-refractivity contribution in [2.75, 3.05) is 11.9 Å². The van der Waals surface area contributed by atoms with Gasteiger partial charge in [-0.1, -0.05) is 0 Å². The van der Waals surface area contributed by atoms with Crippen LogP contribution in [0.5, 0.6) is 0 Å². The van der Waals surface area contributed by atoms with Crippen LogP contribution in [0, 0.1) is 10.1 Å². The molecule has 1 aliphatic rings. The van der Waals surface area contributed by atoms with Crippen molar-refractivity contribution in [3.05, 3.63) is 43.9 Å². The molecule has 0 aliphatic heterocycles. The molecule has 0 fully saturated rings. The summed E-state index contributed by atoms with van der Waals surface area (Å²) in [5.41, 5.74) is 1.14. The maximum Gasteiger partial charge on any atom is 0.293 e. The molecular formula is C15H18N4O4S2. The molecule has 25 heavy (non-hydrogen) atoms. The molecule has 0 amide bonds. The van der Waals surface area contributed by atoms with Crippen molar-refractivity contribution in [1.29, 1.82) is 0 Å². The number of hydrogen-bond acceptors (Lipinski definition) is 7. The fraction of sp³-hybridized carbons (Fsp3) is 0.400. The summed E-state index contributed by atoms with van der Waals surface area (Å²) in [6.45, 7) is 0.474. The van der Waals surface area contributed by atoms with Crippen LogP contribution < -0.4 is 10.5 Å². The van der Waals surface area contributed by atoms with Crippen LogP contribution in [0.2, 0.25) is 0 Å². The van der Waals surface area contributed by atoms with E-state index >= 15 is 0 Å². The largest absolute Gasteiger partial charge is 0.379 e. The Bertz CT molecular complexity index is 885. The molecule has 1 aromatic carbocycles. The second-order valence-electron chi connectivity index (χ2n) is 5.84. The summed E-state index contributed by atoms with van der Waals surface area (Å²) in [7, 11) is -3.98. The SMILES string of the molecule is NS(=O)(=O)c1ccc(NCCc2nc3c(s2)CCCC3)c([N+](=O)[O-])c1. The third kappa shape index (κ3) is 4.14. The molecule has 1 heterocycles. The van der Waals surface area contributed by atoms with E-state index in [1.807, 2.05) is 0 Å². The number of hydrogen-bond donors (Lipinski definition) is 2. The number of nitro benzene ring substituents is 1. The molecule has 0 saturated heterocycles. The van der Waals surface area contributed by atoms with E-state index < -0.39 is 14.9 Å². The molecule has 2 aromatic rings. The van der Waals surface area contributed by atoms with Crippen molar-refractivity contribution in [3.63, 3.8) is 0 Å². The molecule has 0 unspecified atom stereocenters. The van der Waals surface area contributed by atoms with Gasteiger partial charge in [-0.15, -0.1) is 11.3 Å². The lowest BCUT2D eigenvalue weighted by atomic mass is 10.0. The minimum absolute atomic E-state index is 0.263. The fourth-order valence-corrected chi connectivity index (χ4v) is 4.50. The topological polar surface area (TPSA) is 128 Å². The Morgan fingerprint density at radius 3 is 2.76 bits per heavy atom. The van der Waals surface area contributed by atoms with Crippen molar-refractivity contribution in [3.8, 4) is 0 Å². The zero-order chi connectivity index (χ0) is 18.0. The lowest BCUT2D eigenvalue weighted by molar-refractivity contribution is -0.384. The predicted octanol–water partition coefficient (Wildman–Crippen LogP) is 2.23. The number of aryl methyl sites for hydroxylation is 2. The van der Waals surface area contributed by atoms with Gasteiger partial charge in [0.15, 0.2) is 0 Å². The maximum absolute atomic E-state index is 11.3. The first-order chi connectivity index (χ1) is 11.8. The Hall–Kier alpha value is -2.04. The normalized spacial score (nSPS) is 14.1. The Balaban J connectivity index is 1.70. The lowest BCUT2D eigenvalue weighted by Crippen LogP contribution is -2.13. The van der Waals surface area contributed by atoms with Crippen molar-refractivity contribution < 1.29 is 13.3 Å². The number of benzene rings is 1. The zero-order valence-electron chi connectivity index (χ0n) is 13.4. The van der Waals surface area contributed by atoms with Gasteiger partial charge >= 0.3 is 0 Å². The van der Waals surface area contributed by atoms with E-state index in [4.69, 9.17) is 5.14 Å². The van der Waals surface area contributed by atoms with Gasteiger partial charge in [-0.2, -0.15) is 0 Å². The second kappa shape index (κ2) is 7.06. The Kier molecular flexibility index (Phi) is 5.02. The fourth-order valence-electron chi connectivity index (χ4n) is 2.81. The molecule has 0 atom stereocenters. The van der Waals surface area contributed by atoms with Crippen LogP contribution >= 0.6 is 11.3 Å². The van der Waals surface area contributed by atoms with Gasteiger partial charge in [-0.25, -0.2) is 18.5 Å². The standard InChI is InChI=1S/C15H18N4O4S2/c16-25(22,23)10-5-6-11(13(9-10)19(20)21)17-8-7-15-18-12-3-1-2-4-14(12)24-15/h5-6,9,17H,1-4,7-8H2,(H2,16,22,23). The van der Waals surface area contributed by atoms with E-state index in [0.29, 0.717) is 13.0 Å². The number of nitrogens with one attached hydrogen (secondary N) is 1. The molecular weight excluding hydrogens is 364 g/mol. The predicted molar refractivity (Wildman–Crippen MR) is 95.4 cm³/mol. The number of fused-ring (bicyclic) bond motifs is 1. The number of rotatable bonds is 6. The third-order valence-electron chi connectivity index (χ3n) is 4.04. The quantitative estimate of drug-likeness (QED) is 0.582. The summed E-state index contributed by atoms with van der Waals surface area (Å²) in [6, 6.07) is 3.59. The summed E-state index contributed by atoms with van der Waals surface area (Å²) in [5.74, 6) is 0. The smallest absolute Gasteiger partial charge is 0.293 e. The van der Waals surface area contributed by atoms with Gasteiger partial charge in [0.05, 0.1) is 20.5 Å². The molecule has 0 saturated carbocycles. The van der Waals surface area contributed by atoms with Crippen LogP contribution in [0.3, 0.4) is 0 Å². The van der Waals surface area contributed by atoms with Crippen LogP contribution in [-0.2, 0) is 29.3 Å². The highest BCUT2D eigenvalue weighted by molar-refractivity contribution is 7.89. The van der Waals surface area contributed by atoms with Gasteiger partial charge in [0.1, 0.15) is 5.69 Å². The average molecular weight is 382 g/mol. The molecule has 0 radical (unpaired) electrons. The zero-order valence-corrected chi connectivity index (χ0v) is 15.0. The molecule has 1 aromatic heterocycles. The number of sulfonamides is 1. The summed E-state index contributed by atoms with van der Waals surface area (Å²) >= 11 is 1.71. The highest BCUT2D eigenvalue weighted by atomic mass is 32.2. The summed E-state index contributed by atoms with van der Waals surface area (Å²) in [4.78, 5) is 16.3.